The van der Waals surface area contributed by atoms with Crippen LogP contribution in [0, 0.1) is 5.92 Å². The van der Waals surface area contributed by atoms with Crippen LogP contribution in [-0.2, 0) is 12.8 Å². The molecule has 1 atom stereocenters. The highest BCUT2D eigenvalue weighted by molar-refractivity contribution is 7.10. The molecule has 0 radical (unpaired) electrons. The molecule has 0 spiro atoms. The second kappa shape index (κ2) is 7.77. The number of nitrogens with one attached hydrogen (secondary N) is 1. The Kier molecular flexibility index (Phi) is 6.01. The van der Waals surface area contributed by atoms with Gasteiger partial charge in [-0.15, -0.1) is 11.3 Å². The molecule has 0 saturated carbocycles. The first kappa shape index (κ1) is 16.3. The lowest BCUT2D eigenvalue weighted by Crippen LogP contribution is -2.22. The molecule has 2 rings (SSSR count). The van der Waals surface area contributed by atoms with E-state index in [-0.39, 0.29) is 0 Å². The van der Waals surface area contributed by atoms with Crippen molar-refractivity contribution in [3.8, 4) is 0 Å². The number of aryl methyl sites for hydroxylation is 1. The third-order valence-corrected chi connectivity index (χ3v) is 4.81. The molecule has 1 nitrogen and oxygen atoms in total. The molecule has 0 amide bonds. The average molecular weight is 301 g/mol. The first-order chi connectivity index (χ1) is 10.2. The molecule has 0 aliphatic rings. The van der Waals surface area contributed by atoms with Gasteiger partial charge in [-0.1, -0.05) is 52.0 Å². The lowest BCUT2D eigenvalue weighted by atomic mass is 9.97. The van der Waals surface area contributed by atoms with Crippen LogP contribution in [0.15, 0.2) is 35.7 Å². The molecule has 21 heavy (non-hydrogen) atoms. The summed E-state index contributed by atoms with van der Waals surface area (Å²) in [5, 5.41) is 5.86. The van der Waals surface area contributed by atoms with Crippen molar-refractivity contribution in [1.82, 2.24) is 5.32 Å². The summed E-state index contributed by atoms with van der Waals surface area (Å²) < 4.78 is 0. The van der Waals surface area contributed by atoms with E-state index in [0.717, 1.165) is 19.4 Å². The zero-order valence-corrected chi connectivity index (χ0v) is 14.5. The summed E-state index contributed by atoms with van der Waals surface area (Å²) >= 11 is 1.87. The van der Waals surface area contributed by atoms with Crippen molar-refractivity contribution in [2.45, 2.75) is 46.6 Å². The lowest BCUT2D eigenvalue weighted by molar-refractivity contribution is 0.631. The van der Waals surface area contributed by atoms with Crippen molar-refractivity contribution in [1.29, 1.82) is 0 Å². The first-order valence-corrected chi connectivity index (χ1v) is 8.92. The predicted octanol–water partition coefficient (Wildman–Crippen LogP) is 5.21. The molecule has 1 unspecified atom stereocenters. The van der Waals surface area contributed by atoms with E-state index in [0.29, 0.717) is 12.0 Å². The third-order valence-electron chi connectivity index (χ3n) is 3.79. The van der Waals surface area contributed by atoms with Gasteiger partial charge in [-0.05, 0) is 53.4 Å². The smallest absolute Gasteiger partial charge is 0.0673 e. The van der Waals surface area contributed by atoms with Gasteiger partial charge in [0.25, 0.3) is 0 Å². The van der Waals surface area contributed by atoms with Crippen molar-refractivity contribution in [2.75, 3.05) is 6.54 Å². The Morgan fingerprint density at radius 2 is 1.76 bits per heavy atom. The summed E-state index contributed by atoms with van der Waals surface area (Å²) in [6.45, 7) is 9.95. The SMILES string of the molecule is CCNC(c1ccc(CC(C)C)cc1)c1sccc1CC. The highest BCUT2D eigenvalue weighted by Crippen LogP contribution is 2.30. The van der Waals surface area contributed by atoms with Crippen LogP contribution in [0.3, 0.4) is 0 Å². The molecular weight excluding hydrogens is 274 g/mol. The lowest BCUT2D eigenvalue weighted by Gasteiger charge is -2.19. The number of benzene rings is 1. The Labute approximate surface area is 133 Å². The molecule has 0 bridgehead atoms. The Bertz CT molecular complexity index is 539. The molecule has 1 N–H and O–H groups in total. The molecule has 1 aromatic heterocycles. The summed E-state index contributed by atoms with van der Waals surface area (Å²) in [5.74, 6) is 0.712. The van der Waals surface area contributed by atoms with Gasteiger partial charge in [-0.3, -0.25) is 0 Å². The number of hydrogen-bond acceptors (Lipinski definition) is 2. The van der Waals surface area contributed by atoms with E-state index in [2.05, 4.69) is 68.7 Å². The van der Waals surface area contributed by atoms with E-state index in [1.807, 2.05) is 11.3 Å². The van der Waals surface area contributed by atoms with Gasteiger partial charge in [0.2, 0.25) is 0 Å². The minimum atomic E-state index is 0.332. The van der Waals surface area contributed by atoms with E-state index >= 15 is 0 Å². The summed E-state index contributed by atoms with van der Waals surface area (Å²) in [7, 11) is 0. The van der Waals surface area contributed by atoms with Crippen LogP contribution in [0.5, 0.6) is 0 Å². The van der Waals surface area contributed by atoms with Crippen LogP contribution >= 0.6 is 11.3 Å². The van der Waals surface area contributed by atoms with E-state index in [1.165, 1.54) is 21.6 Å². The quantitative estimate of drug-likeness (QED) is 0.740. The zero-order chi connectivity index (χ0) is 15.2. The topological polar surface area (TPSA) is 12.0 Å². The molecule has 0 aliphatic carbocycles. The van der Waals surface area contributed by atoms with Gasteiger partial charge in [0, 0.05) is 4.88 Å². The minimum absolute atomic E-state index is 0.332. The summed E-state index contributed by atoms with van der Waals surface area (Å²) in [6.07, 6.45) is 2.26. The summed E-state index contributed by atoms with van der Waals surface area (Å²) in [4.78, 5) is 1.47. The molecular formula is C19H27NS. The number of thiophene rings is 1. The van der Waals surface area contributed by atoms with Gasteiger partial charge in [0.1, 0.15) is 0 Å². The van der Waals surface area contributed by atoms with Crippen LogP contribution in [0.1, 0.15) is 55.3 Å². The standard InChI is InChI=1S/C19H27NS/c1-5-16-11-12-21-19(16)18(20-6-2)17-9-7-15(8-10-17)13-14(3)4/h7-12,14,18,20H,5-6,13H2,1-4H3. The van der Waals surface area contributed by atoms with E-state index in [4.69, 9.17) is 0 Å². The van der Waals surface area contributed by atoms with Crippen LogP contribution in [-0.4, -0.2) is 6.54 Å². The fraction of sp³-hybridized carbons (Fsp3) is 0.474. The Morgan fingerprint density at radius 3 is 2.33 bits per heavy atom. The Hall–Kier alpha value is -1.12. The van der Waals surface area contributed by atoms with Crippen molar-refractivity contribution >= 4 is 11.3 Å². The fourth-order valence-electron chi connectivity index (χ4n) is 2.78. The second-order valence-corrected chi connectivity index (χ2v) is 6.94. The molecule has 1 aromatic carbocycles. The fourth-order valence-corrected chi connectivity index (χ4v) is 3.87. The Balaban J connectivity index is 2.26. The summed E-state index contributed by atoms with van der Waals surface area (Å²) in [6, 6.07) is 11.8. The van der Waals surface area contributed by atoms with Gasteiger partial charge in [0.15, 0.2) is 0 Å². The average Bonchev–Trinajstić information content (AvgIpc) is 2.93. The molecule has 0 saturated heterocycles. The van der Waals surface area contributed by atoms with Crippen LogP contribution < -0.4 is 5.32 Å². The highest BCUT2D eigenvalue weighted by Gasteiger charge is 2.17. The molecule has 0 fully saturated rings. The van der Waals surface area contributed by atoms with Gasteiger partial charge >= 0.3 is 0 Å². The van der Waals surface area contributed by atoms with Crippen molar-refractivity contribution in [2.24, 2.45) is 5.92 Å². The highest BCUT2D eigenvalue weighted by atomic mass is 32.1. The maximum Gasteiger partial charge on any atom is 0.0673 e. The van der Waals surface area contributed by atoms with Crippen LogP contribution in [0.4, 0.5) is 0 Å². The predicted molar refractivity (Wildman–Crippen MR) is 94.2 cm³/mol. The number of rotatable bonds is 7. The van der Waals surface area contributed by atoms with Gasteiger partial charge in [-0.25, -0.2) is 0 Å². The summed E-state index contributed by atoms with van der Waals surface area (Å²) in [5.41, 5.74) is 4.28. The molecule has 2 aromatic rings. The van der Waals surface area contributed by atoms with Crippen molar-refractivity contribution in [3.05, 3.63) is 57.3 Å². The first-order valence-electron chi connectivity index (χ1n) is 8.04. The number of hydrogen-bond donors (Lipinski definition) is 1. The van der Waals surface area contributed by atoms with E-state index in [9.17, 15) is 0 Å². The maximum atomic E-state index is 3.65. The monoisotopic (exact) mass is 301 g/mol. The van der Waals surface area contributed by atoms with E-state index < -0.39 is 0 Å². The van der Waals surface area contributed by atoms with Gasteiger partial charge in [-0.2, -0.15) is 0 Å². The molecule has 114 valence electrons. The van der Waals surface area contributed by atoms with Gasteiger partial charge < -0.3 is 5.32 Å². The molecule has 1 heterocycles. The third kappa shape index (κ3) is 4.18. The zero-order valence-electron chi connectivity index (χ0n) is 13.6. The van der Waals surface area contributed by atoms with Crippen LogP contribution in [0.2, 0.25) is 0 Å². The maximum absolute atomic E-state index is 3.65. The van der Waals surface area contributed by atoms with Crippen molar-refractivity contribution < 1.29 is 0 Å². The normalized spacial score (nSPS) is 12.8. The van der Waals surface area contributed by atoms with Crippen LogP contribution in [0.25, 0.3) is 0 Å². The largest absolute Gasteiger partial charge is 0.306 e. The Morgan fingerprint density at radius 1 is 1.05 bits per heavy atom. The second-order valence-electron chi connectivity index (χ2n) is 5.99. The van der Waals surface area contributed by atoms with Gasteiger partial charge in [0.05, 0.1) is 6.04 Å². The molecule has 0 aliphatic heterocycles. The van der Waals surface area contributed by atoms with Crippen molar-refractivity contribution in [3.63, 3.8) is 0 Å². The molecule has 2 heteroatoms. The van der Waals surface area contributed by atoms with E-state index in [1.54, 1.807) is 0 Å². The minimum Gasteiger partial charge on any atom is -0.306 e.